The van der Waals surface area contributed by atoms with Crippen LogP contribution in [0.4, 0.5) is 18.9 Å². The summed E-state index contributed by atoms with van der Waals surface area (Å²) in [5.74, 6) is 0.395. The van der Waals surface area contributed by atoms with Gasteiger partial charge in [-0.05, 0) is 24.6 Å². The summed E-state index contributed by atoms with van der Waals surface area (Å²) in [4.78, 5) is 4.01. The molecule has 0 saturated carbocycles. The van der Waals surface area contributed by atoms with Gasteiger partial charge in [-0.3, -0.25) is 4.90 Å². The van der Waals surface area contributed by atoms with Crippen molar-refractivity contribution in [2.45, 2.75) is 18.6 Å². The number of nitrogens with zero attached hydrogens (tertiary/aromatic N) is 3. The summed E-state index contributed by atoms with van der Waals surface area (Å²) in [5, 5.41) is 9.20. The van der Waals surface area contributed by atoms with Gasteiger partial charge in [0.15, 0.2) is 9.84 Å². The van der Waals surface area contributed by atoms with Crippen LogP contribution in [0, 0.1) is 11.3 Å². The highest BCUT2D eigenvalue weighted by molar-refractivity contribution is 7.91. The zero-order chi connectivity index (χ0) is 18.2. The van der Waals surface area contributed by atoms with Crippen LogP contribution in [0.15, 0.2) is 18.2 Å². The number of piperazine rings is 1. The quantitative estimate of drug-likeness (QED) is 0.792. The Bertz CT molecular complexity index is 794. The van der Waals surface area contributed by atoms with Crippen LogP contribution in [0.2, 0.25) is 0 Å². The minimum atomic E-state index is -4.48. The highest BCUT2D eigenvalue weighted by Crippen LogP contribution is 2.33. The standard InChI is InChI=1S/C16H18F3N3O2S/c17-16(18,19)13-1-2-15(12(9-13)10-20)22-6-4-21(5-7-22)14-3-8-25(23,24)11-14/h1-2,9,14H,3-8,11H2. The molecule has 1 atom stereocenters. The zero-order valence-electron chi connectivity index (χ0n) is 13.5. The van der Waals surface area contributed by atoms with Crippen molar-refractivity contribution in [3.05, 3.63) is 29.3 Å². The van der Waals surface area contributed by atoms with Gasteiger partial charge >= 0.3 is 6.18 Å². The Kier molecular flexibility index (Phi) is 4.68. The van der Waals surface area contributed by atoms with E-state index in [0.717, 1.165) is 12.1 Å². The van der Waals surface area contributed by atoms with Gasteiger partial charge in [-0.15, -0.1) is 0 Å². The number of alkyl halides is 3. The van der Waals surface area contributed by atoms with E-state index in [4.69, 9.17) is 0 Å². The topological polar surface area (TPSA) is 64.4 Å². The van der Waals surface area contributed by atoms with Gasteiger partial charge in [0.25, 0.3) is 0 Å². The van der Waals surface area contributed by atoms with Crippen molar-refractivity contribution in [3.63, 3.8) is 0 Å². The lowest BCUT2D eigenvalue weighted by Gasteiger charge is -2.39. The Labute approximate surface area is 144 Å². The van der Waals surface area contributed by atoms with Gasteiger partial charge in [0, 0.05) is 32.2 Å². The summed E-state index contributed by atoms with van der Waals surface area (Å²) >= 11 is 0. The summed E-state index contributed by atoms with van der Waals surface area (Å²) in [5.41, 5.74) is -0.330. The van der Waals surface area contributed by atoms with Crippen LogP contribution in [0.1, 0.15) is 17.5 Å². The first-order chi connectivity index (χ1) is 11.7. The van der Waals surface area contributed by atoms with Crippen LogP contribution in [-0.2, 0) is 16.0 Å². The van der Waals surface area contributed by atoms with Crippen molar-refractivity contribution in [2.24, 2.45) is 0 Å². The lowest BCUT2D eigenvalue weighted by molar-refractivity contribution is -0.137. The Morgan fingerprint density at radius 3 is 2.36 bits per heavy atom. The largest absolute Gasteiger partial charge is 0.416 e. The molecule has 0 spiro atoms. The normalized spacial score (nSPS) is 24.2. The smallest absolute Gasteiger partial charge is 0.368 e. The van der Waals surface area contributed by atoms with Gasteiger partial charge in [-0.25, -0.2) is 8.42 Å². The first-order valence-corrected chi connectivity index (χ1v) is 9.82. The third kappa shape index (κ3) is 3.90. The fraction of sp³-hybridized carbons (Fsp3) is 0.562. The molecular weight excluding hydrogens is 355 g/mol. The lowest BCUT2D eigenvalue weighted by Crippen LogP contribution is -2.51. The van der Waals surface area contributed by atoms with E-state index in [1.807, 2.05) is 11.0 Å². The fourth-order valence-corrected chi connectivity index (χ4v) is 5.23. The zero-order valence-corrected chi connectivity index (χ0v) is 14.3. The average molecular weight is 373 g/mol. The maximum absolute atomic E-state index is 12.8. The second-order valence-electron chi connectivity index (χ2n) is 6.42. The molecule has 25 heavy (non-hydrogen) atoms. The number of sulfone groups is 1. The van der Waals surface area contributed by atoms with E-state index in [1.54, 1.807) is 0 Å². The average Bonchev–Trinajstić information content (AvgIpc) is 2.93. The van der Waals surface area contributed by atoms with Crippen molar-refractivity contribution in [3.8, 4) is 6.07 Å². The summed E-state index contributed by atoms with van der Waals surface area (Å²) in [6, 6.07) is 5.09. The second-order valence-corrected chi connectivity index (χ2v) is 8.65. The Morgan fingerprint density at radius 2 is 1.84 bits per heavy atom. The molecule has 1 unspecified atom stereocenters. The Balaban J connectivity index is 1.70. The van der Waals surface area contributed by atoms with E-state index in [0.29, 0.717) is 38.3 Å². The molecule has 0 amide bonds. The summed E-state index contributed by atoms with van der Waals surface area (Å²) < 4.78 is 61.6. The van der Waals surface area contributed by atoms with Crippen LogP contribution < -0.4 is 4.90 Å². The molecular formula is C16H18F3N3O2S. The van der Waals surface area contributed by atoms with Crippen molar-refractivity contribution in [1.29, 1.82) is 5.26 Å². The molecule has 9 heteroatoms. The molecule has 0 radical (unpaired) electrons. The number of nitriles is 1. The molecule has 0 aliphatic carbocycles. The molecule has 0 N–H and O–H groups in total. The highest BCUT2D eigenvalue weighted by atomic mass is 32.2. The molecule has 1 aromatic rings. The minimum absolute atomic E-state index is 0.00622. The first kappa shape index (κ1) is 18.0. The molecule has 2 saturated heterocycles. The van der Waals surface area contributed by atoms with E-state index in [-0.39, 0.29) is 23.1 Å². The van der Waals surface area contributed by atoms with E-state index < -0.39 is 21.6 Å². The molecule has 5 nitrogen and oxygen atoms in total. The number of rotatable bonds is 2. The van der Waals surface area contributed by atoms with Crippen LogP contribution in [0.25, 0.3) is 0 Å². The SMILES string of the molecule is N#Cc1cc(C(F)(F)F)ccc1N1CCN(C2CCS(=O)(=O)C2)CC1. The fourth-order valence-electron chi connectivity index (χ4n) is 3.47. The third-order valence-electron chi connectivity index (χ3n) is 4.82. The number of anilines is 1. The maximum Gasteiger partial charge on any atom is 0.416 e. The predicted molar refractivity (Wildman–Crippen MR) is 87.0 cm³/mol. The maximum atomic E-state index is 12.8. The molecule has 2 aliphatic rings. The van der Waals surface area contributed by atoms with Gasteiger partial charge < -0.3 is 4.90 Å². The number of hydrogen-bond acceptors (Lipinski definition) is 5. The van der Waals surface area contributed by atoms with Crippen LogP contribution in [-0.4, -0.2) is 57.0 Å². The van der Waals surface area contributed by atoms with E-state index in [9.17, 15) is 26.9 Å². The van der Waals surface area contributed by atoms with Gasteiger partial charge in [-0.1, -0.05) is 0 Å². The Morgan fingerprint density at radius 1 is 1.16 bits per heavy atom. The molecule has 136 valence electrons. The summed E-state index contributed by atoms with van der Waals surface area (Å²) in [6.07, 6.45) is -3.84. The van der Waals surface area contributed by atoms with Crippen molar-refractivity contribution < 1.29 is 21.6 Å². The van der Waals surface area contributed by atoms with Gasteiger partial charge in [-0.2, -0.15) is 18.4 Å². The minimum Gasteiger partial charge on any atom is -0.368 e. The van der Waals surface area contributed by atoms with E-state index in [2.05, 4.69) is 4.90 Å². The van der Waals surface area contributed by atoms with Crippen molar-refractivity contribution >= 4 is 15.5 Å². The molecule has 2 aliphatic heterocycles. The van der Waals surface area contributed by atoms with Crippen LogP contribution in [0.5, 0.6) is 0 Å². The predicted octanol–water partition coefficient (Wildman–Crippen LogP) is 1.89. The molecule has 0 aromatic heterocycles. The third-order valence-corrected chi connectivity index (χ3v) is 6.57. The molecule has 1 aromatic carbocycles. The van der Waals surface area contributed by atoms with Crippen molar-refractivity contribution in [1.82, 2.24) is 4.90 Å². The summed E-state index contributed by atoms with van der Waals surface area (Å²) in [6.45, 7) is 2.37. The van der Waals surface area contributed by atoms with Gasteiger partial charge in [0.1, 0.15) is 6.07 Å². The lowest BCUT2D eigenvalue weighted by atomic mass is 10.1. The molecule has 2 heterocycles. The number of halogens is 3. The molecule has 0 bridgehead atoms. The number of benzene rings is 1. The molecule has 3 rings (SSSR count). The highest BCUT2D eigenvalue weighted by Gasteiger charge is 2.35. The monoisotopic (exact) mass is 373 g/mol. The molecule has 2 fully saturated rings. The number of hydrogen-bond donors (Lipinski definition) is 0. The van der Waals surface area contributed by atoms with E-state index in [1.165, 1.54) is 6.07 Å². The van der Waals surface area contributed by atoms with E-state index >= 15 is 0 Å². The first-order valence-electron chi connectivity index (χ1n) is 8.00. The van der Waals surface area contributed by atoms with Crippen molar-refractivity contribution in [2.75, 3.05) is 42.6 Å². The van der Waals surface area contributed by atoms with Gasteiger partial charge in [0.2, 0.25) is 0 Å². The van der Waals surface area contributed by atoms with Crippen LogP contribution in [0.3, 0.4) is 0 Å². The van der Waals surface area contributed by atoms with Gasteiger partial charge in [0.05, 0.1) is 28.3 Å². The summed E-state index contributed by atoms with van der Waals surface area (Å²) in [7, 11) is -2.94. The van der Waals surface area contributed by atoms with Crippen LogP contribution >= 0.6 is 0 Å². The Hall–Kier alpha value is -1.79. The second kappa shape index (κ2) is 6.50.